The van der Waals surface area contributed by atoms with Gasteiger partial charge in [-0.2, -0.15) is 0 Å². The standard InChI is InChI=1S/C18H19FO4/c1-3-21-17-11-14(18(20)22-4-2)8-9-16(17)23-12-13-6-5-7-15(19)10-13/h5-11H,3-4,12H2,1-2H3. The monoisotopic (exact) mass is 318 g/mol. The maximum absolute atomic E-state index is 13.2. The van der Waals surface area contributed by atoms with Gasteiger partial charge < -0.3 is 14.2 Å². The summed E-state index contributed by atoms with van der Waals surface area (Å²) < 4.78 is 29.3. The number of carbonyl (C=O) groups excluding carboxylic acids is 1. The lowest BCUT2D eigenvalue weighted by atomic mass is 10.2. The number of hydrogen-bond acceptors (Lipinski definition) is 4. The van der Waals surface area contributed by atoms with Crippen LogP contribution in [-0.4, -0.2) is 19.2 Å². The molecule has 0 atom stereocenters. The van der Waals surface area contributed by atoms with Crippen molar-refractivity contribution in [1.82, 2.24) is 0 Å². The smallest absolute Gasteiger partial charge is 0.338 e. The zero-order chi connectivity index (χ0) is 16.7. The van der Waals surface area contributed by atoms with Crippen LogP contribution in [0, 0.1) is 5.82 Å². The molecule has 23 heavy (non-hydrogen) atoms. The highest BCUT2D eigenvalue weighted by atomic mass is 19.1. The average Bonchev–Trinajstić information content (AvgIpc) is 2.54. The van der Waals surface area contributed by atoms with Gasteiger partial charge in [-0.1, -0.05) is 12.1 Å². The van der Waals surface area contributed by atoms with E-state index in [9.17, 15) is 9.18 Å². The second kappa shape index (κ2) is 8.17. The van der Waals surface area contributed by atoms with Crippen molar-refractivity contribution < 1.29 is 23.4 Å². The molecule has 2 aromatic rings. The van der Waals surface area contributed by atoms with Crippen LogP contribution in [0.1, 0.15) is 29.8 Å². The lowest BCUT2D eigenvalue weighted by Gasteiger charge is -2.13. The van der Waals surface area contributed by atoms with Crippen molar-refractivity contribution in [2.75, 3.05) is 13.2 Å². The van der Waals surface area contributed by atoms with Crippen molar-refractivity contribution in [2.45, 2.75) is 20.5 Å². The Balaban J connectivity index is 2.15. The second-order valence-corrected chi connectivity index (χ2v) is 4.73. The van der Waals surface area contributed by atoms with E-state index in [-0.39, 0.29) is 12.4 Å². The van der Waals surface area contributed by atoms with Gasteiger partial charge in [0.05, 0.1) is 18.8 Å². The number of carbonyl (C=O) groups is 1. The first-order chi connectivity index (χ1) is 11.1. The first-order valence-corrected chi connectivity index (χ1v) is 7.45. The fourth-order valence-corrected chi connectivity index (χ4v) is 2.02. The highest BCUT2D eigenvalue weighted by molar-refractivity contribution is 5.90. The van der Waals surface area contributed by atoms with Gasteiger partial charge in [0.2, 0.25) is 0 Å². The minimum Gasteiger partial charge on any atom is -0.490 e. The van der Waals surface area contributed by atoms with E-state index in [4.69, 9.17) is 14.2 Å². The number of benzene rings is 2. The molecule has 0 amide bonds. The van der Waals surface area contributed by atoms with Gasteiger partial charge in [-0.25, -0.2) is 9.18 Å². The number of hydrogen-bond donors (Lipinski definition) is 0. The van der Waals surface area contributed by atoms with Crippen molar-refractivity contribution in [3.63, 3.8) is 0 Å². The van der Waals surface area contributed by atoms with Gasteiger partial charge in [0.1, 0.15) is 12.4 Å². The summed E-state index contributed by atoms with van der Waals surface area (Å²) in [6, 6.07) is 11.0. The lowest BCUT2D eigenvalue weighted by Crippen LogP contribution is -2.06. The first-order valence-electron chi connectivity index (χ1n) is 7.45. The highest BCUT2D eigenvalue weighted by Crippen LogP contribution is 2.29. The summed E-state index contributed by atoms with van der Waals surface area (Å²) in [4.78, 5) is 11.8. The molecule has 0 aliphatic rings. The quantitative estimate of drug-likeness (QED) is 0.724. The molecule has 0 fully saturated rings. The van der Waals surface area contributed by atoms with Crippen molar-refractivity contribution in [3.8, 4) is 11.5 Å². The Morgan fingerprint density at radius 3 is 2.52 bits per heavy atom. The third-order valence-corrected chi connectivity index (χ3v) is 3.04. The summed E-state index contributed by atoms with van der Waals surface area (Å²) in [5, 5.41) is 0. The summed E-state index contributed by atoms with van der Waals surface area (Å²) in [7, 11) is 0. The molecule has 0 bridgehead atoms. The van der Waals surface area contributed by atoms with Crippen molar-refractivity contribution >= 4 is 5.97 Å². The van der Waals surface area contributed by atoms with Crippen LogP contribution < -0.4 is 9.47 Å². The molecular formula is C18H19FO4. The summed E-state index contributed by atoms with van der Waals surface area (Å²) in [5.41, 5.74) is 1.11. The minimum atomic E-state index is -0.412. The Morgan fingerprint density at radius 1 is 1.00 bits per heavy atom. The van der Waals surface area contributed by atoms with Crippen LogP contribution in [0.2, 0.25) is 0 Å². The normalized spacial score (nSPS) is 10.2. The van der Waals surface area contributed by atoms with Gasteiger partial charge >= 0.3 is 5.97 Å². The molecule has 2 aromatic carbocycles. The fourth-order valence-electron chi connectivity index (χ4n) is 2.02. The van der Waals surface area contributed by atoms with Crippen LogP contribution in [0.15, 0.2) is 42.5 Å². The third kappa shape index (κ3) is 4.71. The Morgan fingerprint density at radius 2 is 1.83 bits per heavy atom. The molecular weight excluding hydrogens is 299 g/mol. The van der Waals surface area contributed by atoms with Gasteiger partial charge in [0.15, 0.2) is 11.5 Å². The fraction of sp³-hybridized carbons (Fsp3) is 0.278. The molecule has 0 radical (unpaired) electrons. The number of esters is 1. The minimum absolute atomic E-state index is 0.205. The molecule has 5 heteroatoms. The van der Waals surface area contributed by atoms with E-state index in [0.29, 0.717) is 35.8 Å². The van der Waals surface area contributed by atoms with Crippen LogP contribution in [0.5, 0.6) is 11.5 Å². The molecule has 2 rings (SSSR count). The van der Waals surface area contributed by atoms with E-state index in [1.54, 1.807) is 37.3 Å². The van der Waals surface area contributed by atoms with Crippen LogP contribution >= 0.6 is 0 Å². The van der Waals surface area contributed by atoms with Gasteiger partial charge in [0.25, 0.3) is 0 Å². The largest absolute Gasteiger partial charge is 0.490 e. The van der Waals surface area contributed by atoms with E-state index in [1.165, 1.54) is 12.1 Å². The SMILES string of the molecule is CCOC(=O)c1ccc(OCc2cccc(F)c2)c(OCC)c1. The molecule has 0 unspecified atom stereocenters. The summed E-state index contributed by atoms with van der Waals surface area (Å²) in [6.07, 6.45) is 0. The second-order valence-electron chi connectivity index (χ2n) is 4.73. The Labute approximate surface area is 134 Å². The molecule has 0 saturated carbocycles. The summed E-state index contributed by atoms with van der Waals surface area (Å²) in [6.45, 7) is 4.53. The zero-order valence-corrected chi connectivity index (χ0v) is 13.2. The van der Waals surface area contributed by atoms with Crippen LogP contribution in [-0.2, 0) is 11.3 Å². The molecule has 0 heterocycles. The Hall–Kier alpha value is -2.56. The molecule has 0 aromatic heterocycles. The Kier molecular flexibility index (Phi) is 5.97. The van der Waals surface area contributed by atoms with Crippen LogP contribution in [0.3, 0.4) is 0 Å². The molecule has 0 N–H and O–H groups in total. The van der Waals surface area contributed by atoms with E-state index in [0.717, 1.165) is 0 Å². The van der Waals surface area contributed by atoms with E-state index in [1.807, 2.05) is 6.92 Å². The van der Waals surface area contributed by atoms with Gasteiger partial charge in [-0.05, 0) is 49.7 Å². The Bertz CT molecular complexity index is 670. The van der Waals surface area contributed by atoms with E-state index < -0.39 is 5.97 Å². The molecule has 0 spiro atoms. The highest BCUT2D eigenvalue weighted by Gasteiger charge is 2.12. The predicted octanol–water partition coefficient (Wildman–Crippen LogP) is 3.98. The third-order valence-electron chi connectivity index (χ3n) is 3.04. The number of halogens is 1. The zero-order valence-electron chi connectivity index (χ0n) is 13.2. The van der Waals surface area contributed by atoms with Gasteiger partial charge in [0, 0.05) is 0 Å². The average molecular weight is 318 g/mol. The van der Waals surface area contributed by atoms with Gasteiger partial charge in [-0.3, -0.25) is 0 Å². The lowest BCUT2D eigenvalue weighted by molar-refractivity contribution is 0.0525. The first kappa shape index (κ1) is 16.8. The molecule has 122 valence electrons. The van der Waals surface area contributed by atoms with Crippen LogP contribution in [0.25, 0.3) is 0 Å². The molecule has 0 saturated heterocycles. The van der Waals surface area contributed by atoms with Gasteiger partial charge in [-0.15, -0.1) is 0 Å². The maximum Gasteiger partial charge on any atom is 0.338 e. The predicted molar refractivity (Wildman–Crippen MR) is 84.3 cm³/mol. The molecule has 0 aliphatic heterocycles. The van der Waals surface area contributed by atoms with Crippen molar-refractivity contribution in [1.29, 1.82) is 0 Å². The van der Waals surface area contributed by atoms with E-state index in [2.05, 4.69) is 0 Å². The van der Waals surface area contributed by atoms with E-state index >= 15 is 0 Å². The number of rotatable bonds is 7. The van der Waals surface area contributed by atoms with Crippen LogP contribution in [0.4, 0.5) is 4.39 Å². The van der Waals surface area contributed by atoms with Crippen molar-refractivity contribution in [2.24, 2.45) is 0 Å². The molecule has 4 nitrogen and oxygen atoms in total. The summed E-state index contributed by atoms with van der Waals surface area (Å²) in [5.74, 6) is 0.220. The number of ether oxygens (including phenoxy) is 3. The summed E-state index contributed by atoms with van der Waals surface area (Å²) >= 11 is 0. The molecule has 0 aliphatic carbocycles. The topological polar surface area (TPSA) is 44.8 Å². The van der Waals surface area contributed by atoms with Crippen molar-refractivity contribution in [3.05, 3.63) is 59.4 Å². The maximum atomic E-state index is 13.2.